The molecule has 7 heteroatoms. The van der Waals surface area contributed by atoms with Gasteiger partial charge < -0.3 is 10.5 Å². The second-order valence-electron chi connectivity index (χ2n) is 9.53. The molecule has 1 aliphatic carbocycles. The second kappa shape index (κ2) is 7.95. The van der Waals surface area contributed by atoms with Gasteiger partial charge in [-0.1, -0.05) is 56.3 Å². The minimum absolute atomic E-state index is 0.111. The van der Waals surface area contributed by atoms with Crippen LogP contribution >= 0.6 is 0 Å². The van der Waals surface area contributed by atoms with Crippen LogP contribution in [0.1, 0.15) is 62.1 Å². The number of hydrogen-bond donors (Lipinski definition) is 1. The molecule has 2 amide bonds. The van der Waals surface area contributed by atoms with Crippen LogP contribution in [0.5, 0.6) is 0 Å². The molecule has 3 aliphatic rings. The van der Waals surface area contributed by atoms with Crippen molar-refractivity contribution < 1.29 is 19.1 Å². The summed E-state index contributed by atoms with van der Waals surface area (Å²) in [6.07, 6.45) is 0.498. The smallest absolute Gasteiger partial charge is 0.254 e. The Morgan fingerprint density at radius 1 is 1.14 bits per heavy atom. The standard InChI is InChI=1S/C28H25N3O4/c1-15(2)17-8-10-18(11-9-17)19-12-23(33)25-24(13-19)35-26(30)21(14-29)28(25)20-6-4-5-7-22(20)31(16(3)32)27(28)34/h4-11,15,19H,12-13,30H2,1-3H3. The van der Waals surface area contributed by atoms with Crippen LogP contribution < -0.4 is 10.6 Å². The highest BCUT2D eigenvalue weighted by atomic mass is 16.5. The van der Waals surface area contributed by atoms with E-state index in [0.717, 1.165) is 10.5 Å². The van der Waals surface area contributed by atoms with Crippen LogP contribution in [0.25, 0.3) is 0 Å². The number of anilines is 1. The van der Waals surface area contributed by atoms with E-state index in [1.54, 1.807) is 24.3 Å². The number of amides is 2. The van der Waals surface area contributed by atoms with Crippen molar-refractivity contribution in [2.24, 2.45) is 5.73 Å². The molecule has 7 nitrogen and oxygen atoms in total. The number of allylic oxidation sites excluding steroid dienone is 1. The largest absolute Gasteiger partial charge is 0.444 e. The number of ketones is 1. The molecule has 2 heterocycles. The third-order valence-corrected chi connectivity index (χ3v) is 7.22. The van der Waals surface area contributed by atoms with E-state index >= 15 is 0 Å². The first-order valence-electron chi connectivity index (χ1n) is 11.6. The van der Waals surface area contributed by atoms with Crippen molar-refractivity contribution >= 4 is 23.3 Å². The molecule has 0 saturated carbocycles. The van der Waals surface area contributed by atoms with Crippen LogP contribution in [0.2, 0.25) is 0 Å². The Morgan fingerprint density at radius 3 is 2.46 bits per heavy atom. The number of imide groups is 1. The lowest BCUT2D eigenvalue weighted by Gasteiger charge is -2.39. The predicted molar refractivity (Wildman–Crippen MR) is 129 cm³/mol. The predicted octanol–water partition coefficient (Wildman–Crippen LogP) is 4.07. The van der Waals surface area contributed by atoms with E-state index in [4.69, 9.17) is 10.5 Å². The summed E-state index contributed by atoms with van der Waals surface area (Å²) in [5, 5.41) is 10.1. The van der Waals surface area contributed by atoms with Crippen LogP contribution in [0, 0.1) is 11.3 Å². The van der Waals surface area contributed by atoms with Gasteiger partial charge in [-0.3, -0.25) is 14.4 Å². The van der Waals surface area contributed by atoms with Gasteiger partial charge in [0.15, 0.2) is 5.78 Å². The van der Waals surface area contributed by atoms with Gasteiger partial charge in [0.1, 0.15) is 22.8 Å². The summed E-state index contributed by atoms with van der Waals surface area (Å²) in [7, 11) is 0. The Morgan fingerprint density at radius 2 is 1.83 bits per heavy atom. The summed E-state index contributed by atoms with van der Waals surface area (Å²) >= 11 is 0. The van der Waals surface area contributed by atoms with E-state index in [-0.39, 0.29) is 40.9 Å². The van der Waals surface area contributed by atoms with Crippen molar-refractivity contribution in [2.75, 3.05) is 4.90 Å². The van der Waals surface area contributed by atoms with Crippen molar-refractivity contribution in [1.82, 2.24) is 0 Å². The number of carbonyl (C=O) groups is 3. The maximum absolute atomic E-state index is 14.0. The van der Waals surface area contributed by atoms with Gasteiger partial charge in [0, 0.05) is 25.3 Å². The normalized spacial score (nSPS) is 23.4. The van der Waals surface area contributed by atoms with Gasteiger partial charge in [-0.25, -0.2) is 4.90 Å². The number of nitrogens with zero attached hydrogens (tertiary/aromatic N) is 2. The number of fused-ring (bicyclic) bond motifs is 3. The Hall–Kier alpha value is -4.18. The van der Waals surface area contributed by atoms with Crippen LogP contribution in [0.4, 0.5) is 5.69 Å². The molecule has 2 aromatic rings. The third kappa shape index (κ3) is 3.06. The maximum atomic E-state index is 14.0. The van der Waals surface area contributed by atoms with Crippen LogP contribution in [0.15, 0.2) is 71.3 Å². The summed E-state index contributed by atoms with van der Waals surface area (Å²) < 4.78 is 5.86. The summed E-state index contributed by atoms with van der Waals surface area (Å²) in [6, 6.07) is 16.9. The Kier molecular flexibility index (Phi) is 5.13. The van der Waals surface area contributed by atoms with Gasteiger partial charge in [-0.15, -0.1) is 0 Å². The number of hydrogen-bond acceptors (Lipinski definition) is 6. The minimum atomic E-state index is -1.79. The topological polar surface area (TPSA) is 113 Å². The lowest BCUT2D eigenvalue weighted by Crippen LogP contribution is -2.50. The average molecular weight is 468 g/mol. The summed E-state index contributed by atoms with van der Waals surface area (Å²) in [4.78, 5) is 41.3. The van der Waals surface area contributed by atoms with Crippen molar-refractivity contribution in [2.45, 2.75) is 50.9 Å². The molecule has 1 spiro atoms. The number of nitrogens with two attached hydrogens (primary N) is 1. The lowest BCUT2D eigenvalue weighted by molar-refractivity contribution is -0.128. The SMILES string of the molecule is CC(=O)N1C(=O)C2(C(C#N)=C(N)OC3=C2C(=O)CC(c2ccc(C(C)C)cc2)C3)c2ccccc21. The highest BCUT2D eigenvalue weighted by molar-refractivity contribution is 6.28. The van der Waals surface area contributed by atoms with Gasteiger partial charge in [0.05, 0.1) is 11.3 Å². The van der Waals surface area contributed by atoms with Gasteiger partial charge in [-0.2, -0.15) is 5.26 Å². The molecule has 35 heavy (non-hydrogen) atoms. The molecule has 0 radical (unpaired) electrons. The number of Topliss-reactive ketones (excluding diaryl/α,β-unsaturated/α-hetero) is 1. The number of rotatable bonds is 2. The fraction of sp³-hybridized carbons (Fsp3) is 0.286. The second-order valence-corrected chi connectivity index (χ2v) is 9.53. The molecule has 0 saturated heterocycles. The molecule has 0 bridgehead atoms. The summed E-state index contributed by atoms with van der Waals surface area (Å²) in [5.74, 6) is -1.18. The number of nitriles is 1. The Bertz CT molecular complexity index is 1390. The fourth-order valence-electron chi connectivity index (χ4n) is 5.59. The zero-order valence-corrected chi connectivity index (χ0v) is 19.8. The van der Waals surface area contributed by atoms with Gasteiger partial charge in [-0.05, 0) is 29.0 Å². The minimum Gasteiger partial charge on any atom is -0.444 e. The first-order valence-corrected chi connectivity index (χ1v) is 11.6. The molecule has 2 atom stereocenters. The molecule has 0 fully saturated rings. The van der Waals surface area contributed by atoms with E-state index < -0.39 is 17.2 Å². The van der Waals surface area contributed by atoms with Crippen molar-refractivity contribution in [3.05, 3.63) is 88.0 Å². The summed E-state index contributed by atoms with van der Waals surface area (Å²) in [6.45, 7) is 5.52. The highest BCUT2D eigenvalue weighted by Crippen LogP contribution is 2.56. The molecular weight excluding hydrogens is 442 g/mol. The van der Waals surface area contributed by atoms with Crippen LogP contribution in [0.3, 0.4) is 0 Å². The summed E-state index contributed by atoms with van der Waals surface area (Å²) in [5.41, 5.74) is 7.29. The molecule has 2 aliphatic heterocycles. The average Bonchev–Trinajstić information content (AvgIpc) is 3.07. The van der Waals surface area contributed by atoms with E-state index in [2.05, 4.69) is 26.0 Å². The lowest BCUT2D eigenvalue weighted by atomic mass is 9.63. The van der Waals surface area contributed by atoms with Crippen molar-refractivity contribution in [3.63, 3.8) is 0 Å². The van der Waals surface area contributed by atoms with Crippen molar-refractivity contribution in [1.29, 1.82) is 5.26 Å². The monoisotopic (exact) mass is 467 g/mol. The van der Waals surface area contributed by atoms with Gasteiger partial charge in [0.2, 0.25) is 11.8 Å². The number of ether oxygens (including phenoxy) is 1. The maximum Gasteiger partial charge on any atom is 0.254 e. The van der Waals surface area contributed by atoms with E-state index in [0.29, 0.717) is 23.6 Å². The van der Waals surface area contributed by atoms with Gasteiger partial charge >= 0.3 is 0 Å². The number of para-hydroxylation sites is 1. The molecule has 5 rings (SSSR count). The molecule has 2 unspecified atom stereocenters. The number of carbonyl (C=O) groups excluding carboxylic acids is 3. The first kappa shape index (κ1) is 22.6. The van der Waals surface area contributed by atoms with E-state index in [1.807, 2.05) is 18.2 Å². The highest BCUT2D eigenvalue weighted by Gasteiger charge is 2.63. The molecule has 2 aromatic carbocycles. The Balaban J connectivity index is 1.69. The van der Waals surface area contributed by atoms with Crippen LogP contribution in [-0.4, -0.2) is 17.6 Å². The van der Waals surface area contributed by atoms with E-state index in [9.17, 15) is 19.6 Å². The van der Waals surface area contributed by atoms with Gasteiger partial charge in [0.25, 0.3) is 5.91 Å². The fourth-order valence-corrected chi connectivity index (χ4v) is 5.59. The molecule has 176 valence electrons. The third-order valence-electron chi connectivity index (χ3n) is 7.22. The zero-order chi connectivity index (χ0) is 25.1. The zero-order valence-electron chi connectivity index (χ0n) is 19.8. The van der Waals surface area contributed by atoms with Crippen LogP contribution in [-0.2, 0) is 24.5 Å². The molecule has 0 aromatic heterocycles. The van der Waals surface area contributed by atoms with Crippen molar-refractivity contribution in [3.8, 4) is 6.07 Å². The van der Waals surface area contributed by atoms with E-state index in [1.165, 1.54) is 12.5 Å². The first-order chi connectivity index (χ1) is 16.7. The number of benzene rings is 2. The quantitative estimate of drug-likeness (QED) is 0.712. The molecule has 2 N–H and O–H groups in total. The molecular formula is C28H25N3O4. The Labute approximate surface area is 203 Å².